The largest absolute Gasteiger partial charge is 0.456 e. The average Bonchev–Trinajstić information content (AvgIpc) is 3.32. The summed E-state index contributed by atoms with van der Waals surface area (Å²) in [6.07, 6.45) is 7.81. The molecule has 6 nitrogen and oxygen atoms in total. The Labute approximate surface area is 368 Å². The van der Waals surface area contributed by atoms with Crippen molar-refractivity contribution in [1.29, 1.82) is 0 Å². The minimum Gasteiger partial charge on any atom is -0.456 e. The molecule has 2 aliphatic heterocycles. The number of fused-ring (bicyclic) bond motifs is 2. The normalized spacial score (nSPS) is 16.5. The van der Waals surface area contributed by atoms with Crippen molar-refractivity contribution < 1.29 is 9.53 Å². The summed E-state index contributed by atoms with van der Waals surface area (Å²) in [5.41, 5.74) is 9.85. The highest BCUT2D eigenvalue weighted by atomic mass is 32.2. The number of allylic oxidation sites excluding steroid dienone is 1. The van der Waals surface area contributed by atoms with Crippen molar-refractivity contribution in [2.24, 2.45) is 0 Å². The molecule has 3 aliphatic rings. The Kier molecular flexibility index (Phi) is 13.6. The van der Waals surface area contributed by atoms with Gasteiger partial charge in [-0.1, -0.05) is 135 Å². The van der Waals surface area contributed by atoms with Crippen LogP contribution in [0.3, 0.4) is 0 Å². The van der Waals surface area contributed by atoms with Crippen LogP contribution in [0.1, 0.15) is 72.3 Å². The van der Waals surface area contributed by atoms with Gasteiger partial charge in [0.25, 0.3) is 5.91 Å². The molecule has 0 spiro atoms. The summed E-state index contributed by atoms with van der Waals surface area (Å²) in [4.78, 5) is 24.0. The molecular weight excluding hydrogens is 769 g/mol. The molecule has 0 bridgehead atoms. The average molecular weight is 829 g/mol. The highest BCUT2D eigenvalue weighted by molar-refractivity contribution is 8.00. The Morgan fingerprint density at radius 3 is 1.89 bits per heavy atom. The highest BCUT2D eigenvalue weighted by Gasteiger charge is 2.37. The number of hydrogen-bond acceptors (Lipinski definition) is 6. The van der Waals surface area contributed by atoms with Crippen LogP contribution in [0.2, 0.25) is 0 Å². The molecule has 61 heavy (non-hydrogen) atoms. The van der Waals surface area contributed by atoms with Crippen LogP contribution in [0.4, 0.5) is 5.69 Å². The van der Waals surface area contributed by atoms with E-state index >= 15 is 0 Å². The van der Waals surface area contributed by atoms with E-state index in [9.17, 15) is 4.79 Å². The molecular formula is C54H60N4O2S. The number of ether oxygens (including phenoxy) is 1. The zero-order valence-electron chi connectivity index (χ0n) is 36.3. The molecule has 0 aromatic heterocycles. The lowest BCUT2D eigenvalue weighted by atomic mass is 9.84. The molecule has 0 radical (unpaired) electrons. The van der Waals surface area contributed by atoms with Crippen molar-refractivity contribution in [1.82, 2.24) is 14.7 Å². The summed E-state index contributed by atoms with van der Waals surface area (Å²) in [7, 11) is 0. The van der Waals surface area contributed by atoms with Gasteiger partial charge in [-0.2, -0.15) is 0 Å². The molecule has 1 fully saturated rings. The van der Waals surface area contributed by atoms with Crippen LogP contribution in [0.15, 0.2) is 163 Å². The Morgan fingerprint density at radius 1 is 0.705 bits per heavy atom. The van der Waals surface area contributed by atoms with Crippen molar-refractivity contribution in [2.45, 2.75) is 44.9 Å². The van der Waals surface area contributed by atoms with E-state index in [1.807, 2.05) is 23.9 Å². The third kappa shape index (κ3) is 8.74. The van der Waals surface area contributed by atoms with Crippen molar-refractivity contribution in [3.8, 4) is 5.75 Å². The van der Waals surface area contributed by atoms with Crippen molar-refractivity contribution in [3.63, 3.8) is 0 Å². The Balaban J connectivity index is 0.993. The van der Waals surface area contributed by atoms with E-state index in [-0.39, 0.29) is 16.7 Å². The molecule has 8 rings (SSSR count). The van der Waals surface area contributed by atoms with E-state index in [0.717, 1.165) is 103 Å². The number of thioether (sulfide) groups is 1. The maximum absolute atomic E-state index is 14.7. The minimum atomic E-state index is -0.311. The predicted molar refractivity (Wildman–Crippen MR) is 256 cm³/mol. The Bertz CT molecular complexity index is 2250. The lowest BCUT2D eigenvalue weighted by Gasteiger charge is -2.37. The maximum Gasteiger partial charge on any atom is 0.254 e. The Hall–Kier alpha value is -5.34. The molecule has 0 N–H and O–H groups in total. The van der Waals surface area contributed by atoms with Gasteiger partial charge in [0.15, 0.2) is 0 Å². The van der Waals surface area contributed by atoms with Crippen LogP contribution in [0.25, 0.3) is 5.57 Å². The van der Waals surface area contributed by atoms with Gasteiger partial charge in [0, 0.05) is 73.3 Å². The monoisotopic (exact) mass is 828 g/mol. The van der Waals surface area contributed by atoms with E-state index in [2.05, 4.69) is 187 Å². The van der Waals surface area contributed by atoms with Crippen LogP contribution in [0, 0.1) is 0 Å². The molecule has 1 saturated heterocycles. The van der Waals surface area contributed by atoms with E-state index in [0.29, 0.717) is 13.1 Å². The van der Waals surface area contributed by atoms with Gasteiger partial charge in [0.1, 0.15) is 11.5 Å². The van der Waals surface area contributed by atoms with Gasteiger partial charge in [-0.25, -0.2) is 0 Å². The topological polar surface area (TPSA) is 39.3 Å². The molecule has 5 aromatic carbocycles. The summed E-state index contributed by atoms with van der Waals surface area (Å²) in [5, 5.41) is 0. The van der Waals surface area contributed by atoms with Crippen molar-refractivity contribution in [2.75, 3.05) is 69.6 Å². The molecule has 1 aliphatic carbocycles. The van der Waals surface area contributed by atoms with Crippen LogP contribution >= 0.6 is 11.8 Å². The second kappa shape index (κ2) is 19.6. The summed E-state index contributed by atoms with van der Waals surface area (Å²) in [6.45, 7) is 16.6. The summed E-state index contributed by atoms with van der Waals surface area (Å²) >= 11 is 2.03. The first-order chi connectivity index (χ1) is 30.0. The number of amides is 1. The van der Waals surface area contributed by atoms with Crippen molar-refractivity contribution >= 4 is 28.9 Å². The highest BCUT2D eigenvalue weighted by Crippen LogP contribution is 2.49. The molecule has 2 heterocycles. The maximum atomic E-state index is 14.7. The number of rotatable bonds is 16. The number of nitrogens with zero attached hydrogens (tertiary/aromatic N) is 4. The fourth-order valence-electron chi connectivity index (χ4n) is 9.40. The lowest BCUT2D eigenvalue weighted by molar-refractivity contribution is 0.0637. The summed E-state index contributed by atoms with van der Waals surface area (Å²) < 4.78 is 6.48. The molecule has 7 heteroatoms. The molecule has 314 valence electrons. The van der Waals surface area contributed by atoms with Gasteiger partial charge in [-0.05, 0) is 92.2 Å². The fraction of sp³-hybridized carbons (Fsp3) is 0.315. The van der Waals surface area contributed by atoms with E-state index < -0.39 is 0 Å². The zero-order chi connectivity index (χ0) is 42.2. The van der Waals surface area contributed by atoms with Gasteiger partial charge in [0.05, 0.1) is 10.8 Å². The number of likely N-dealkylation sites (N-methyl/N-ethyl adjacent to an activating group) is 1. The van der Waals surface area contributed by atoms with E-state index in [1.165, 1.54) is 16.7 Å². The van der Waals surface area contributed by atoms with Crippen molar-refractivity contribution in [3.05, 3.63) is 196 Å². The number of anilines is 1. The van der Waals surface area contributed by atoms with Gasteiger partial charge in [-0.15, -0.1) is 11.8 Å². The first-order valence-electron chi connectivity index (χ1n) is 22.4. The van der Waals surface area contributed by atoms with Gasteiger partial charge in [-0.3, -0.25) is 14.6 Å². The van der Waals surface area contributed by atoms with E-state index in [1.54, 1.807) is 0 Å². The van der Waals surface area contributed by atoms with Crippen LogP contribution in [-0.4, -0.2) is 91.3 Å². The molecule has 5 aromatic rings. The summed E-state index contributed by atoms with van der Waals surface area (Å²) in [6, 6.07) is 47.8. The SMILES string of the molecule is CCN(CC)c1ccc2c(c1)OC1=CC(N(CC)CC)C=CC1=C2c1ccccc1C(=O)N1CCN(CCCSC(c2ccccc2)(c2ccccc2)c2ccccc2)CC1. The number of piperazine rings is 1. The van der Waals surface area contributed by atoms with Gasteiger partial charge < -0.3 is 14.5 Å². The summed E-state index contributed by atoms with van der Waals surface area (Å²) in [5.74, 6) is 2.80. The lowest BCUT2D eigenvalue weighted by Crippen LogP contribution is -2.49. The quantitative estimate of drug-likeness (QED) is 0.0729. The second-order valence-electron chi connectivity index (χ2n) is 16.0. The van der Waals surface area contributed by atoms with Gasteiger partial charge >= 0.3 is 0 Å². The third-order valence-electron chi connectivity index (χ3n) is 12.7. The standard InChI is InChI=1S/C54H60N4O2S/c1-5-56(6-2)44-29-31-48-50(39-44)60-51-40-45(57(7-3)8-4)30-32-49(51)52(48)46-27-18-19-28-47(46)53(59)58-36-34-55(35-37-58)33-20-38-61-54(41-21-12-9-13-22-41,42-23-14-10-15-24-42)43-25-16-11-17-26-43/h9-19,21-32,39-40,44H,5-8,20,33-38H2,1-4H3. The molecule has 0 saturated carbocycles. The first kappa shape index (κ1) is 42.4. The van der Waals surface area contributed by atoms with Gasteiger partial charge in [0.2, 0.25) is 0 Å². The zero-order valence-corrected chi connectivity index (χ0v) is 37.1. The predicted octanol–water partition coefficient (Wildman–Crippen LogP) is 10.8. The molecule has 1 unspecified atom stereocenters. The Morgan fingerprint density at radius 2 is 1.30 bits per heavy atom. The molecule has 1 atom stereocenters. The third-order valence-corrected chi connectivity index (χ3v) is 14.3. The number of carbonyl (C=O) groups is 1. The second-order valence-corrected chi connectivity index (χ2v) is 17.3. The number of carbonyl (C=O) groups excluding carboxylic acids is 1. The van der Waals surface area contributed by atoms with E-state index in [4.69, 9.17) is 4.74 Å². The van der Waals surface area contributed by atoms with Crippen LogP contribution < -0.4 is 9.64 Å². The molecule has 1 amide bonds. The minimum absolute atomic E-state index is 0.0939. The van der Waals surface area contributed by atoms with Crippen LogP contribution in [0.5, 0.6) is 5.75 Å². The van der Waals surface area contributed by atoms with Crippen LogP contribution in [-0.2, 0) is 4.75 Å². The number of hydrogen-bond donors (Lipinski definition) is 0. The smallest absolute Gasteiger partial charge is 0.254 e. The number of benzene rings is 5. The first-order valence-corrected chi connectivity index (χ1v) is 23.3. The fourth-order valence-corrected chi connectivity index (χ4v) is 10.9.